The predicted molar refractivity (Wildman–Crippen MR) is 145 cm³/mol. The lowest BCUT2D eigenvalue weighted by atomic mass is 10.1. The van der Waals surface area contributed by atoms with Gasteiger partial charge in [-0.15, -0.1) is 21.5 Å². The van der Waals surface area contributed by atoms with Gasteiger partial charge in [0.2, 0.25) is 5.95 Å². The van der Waals surface area contributed by atoms with Gasteiger partial charge >= 0.3 is 0 Å². The van der Waals surface area contributed by atoms with Gasteiger partial charge in [-0.05, 0) is 41.8 Å². The Labute approximate surface area is 218 Å². The molecule has 37 heavy (non-hydrogen) atoms. The molecule has 0 spiro atoms. The minimum atomic E-state index is 0.404. The lowest BCUT2D eigenvalue weighted by Gasteiger charge is -2.28. The van der Waals surface area contributed by atoms with E-state index in [1.165, 1.54) is 0 Å². The zero-order valence-electron chi connectivity index (χ0n) is 19.9. The average molecular weight is 506 g/mol. The van der Waals surface area contributed by atoms with Crippen molar-refractivity contribution < 1.29 is 4.74 Å². The number of aromatic nitrogens is 5. The zero-order chi connectivity index (χ0) is 25.0. The second kappa shape index (κ2) is 10.2. The van der Waals surface area contributed by atoms with Crippen molar-refractivity contribution in [2.75, 3.05) is 31.2 Å². The smallest absolute Gasteiger partial charge is 0.232 e. The highest BCUT2D eigenvalue weighted by atomic mass is 32.1. The number of para-hydroxylation sites is 2. The van der Waals surface area contributed by atoms with Crippen molar-refractivity contribution in [1.29, 1.82) is 5.26 Å². The fourth-order valence-electron chi connectivity index (χ4n) is 4.35. The first kappa shape index (κ1) is 22.9. The minimum absolute atomic E-state index is 0.404. The van der Waals surface area contributed by atoms with Crippen molar-refractivity contribution >= 4 is 28.9 Å². The molecule has 0 amide bonds. The summed E-state index contributed by atoms with van der Waals surface area (Å²) in [4.78, 5) is 3.17. The van der Waals surface area contributed by atoms with Gasteiger partial charge in [0, 0.05) is 24.8 Å². The van der Waals surface area contributed by atoms with E-state index in [2.05, 4.69) is 21.2 Å². The molecule has 0 radical (unpaired) electrons. The molecule has 0 atom stereocenters. The van der Waals surface area contributed by atoms with Gasteiger partial charge in [0.15, 0.2) is 5.82 Å². The lowest BCUT2D eigenvalue weighted by Crippen LogP contribution is -2.38. The molecule has 0 aliphatic carbocycles. The highest BCUT2D eigenvalue weighted by Gasteiger charge is 2.24. The van der Waals surface area contributed by atoms with Crippen LogP contribution in [0.2, 0.25) is 0 Å². The highest BCUT2D eigenvalue weighted by Crippen LogP contribution is 2.32. The molecule has 4 heterocycles. The van der Waals surface area contributed by atoms with E-state index in [1.807, 2.05) is 99.7 Å². The standard InChI is InChI=1S/C28H23N7OS/c29-19-21(18-22-20-34(23-8-3-1-4-9-23)32-26(22)25-12-7-17-37-25)27-30-31-28(33-13-15-36-16-14-33)35(27)24-10-5-2-6-11-24/h1-12,17-18,20H,13-16H2. The third-order valence-corrected chi connectivity index (χ3v) is 7.01. The minimum Gasteiger partial charge on any atom is -0.378 e. The third kappa shape index (κ3) is 4.56. The SMILES string of the molecule is N#CC(=Cc1cn(-c2ccccc2)nc1-c1cccs1)c1nnc(N2CCOCC2)n1-c1ccccc1. The van der Waals surface area contributed by atoms with E-state index in [9.17, 15) is 5.26 Å². The quantitative estimate of drug-likeness (QED) is 0.299. The number of ether oxygens (including phenoxy) is 1. The van der Waals surface area contributed by atoms with Gasteiger partial charge in [0.05, 0.1) is 35.0 Å². The summed E-state index contributed by atoms with van der Waals surface area (Å²) >= 11 is 1.61. The maximum absolute atomic E-state index is 10.3. The van der Waals surface area contributed by atoms with E-state index in [4.69, 9.17) is 9.84 Å². The highest BCUT2D eigenvalue weighted by molar-refractivity contribution is 7.13. The summed E-state index contributed by atoms with van der Waals surface area (Å²) in [5.41, 5.74) is 3.88. The van der Waals surface area contributed by atoms with Crippen LogP contribution in [-0.2, 0) is 4.74 Å². The summed E-state index contributed by atoms with van der Waals surface area (Å²) in [5, 5.41) is 26.2. The average Bonchev–Trinajstić information content (AvgIpc) is 3.73. The van der Waals surface area contributed by atoms with Crippen LogP contribution in [0.5, 0.6) is 0 Å². The van der Waals surface area contributed by atoms with E-state index < -0.39 is 0 Å². The van der Waals surface area contributed by atoms with Crippen LogP contribution in [0.4, 0.5) is 5.95 Å². The van der Waals surface area contributed by atoms with Gasteiger partial charge in [-0.1, -0.05) is 42.5 Å². The topological polar surface area (TPSA) is 84.8 Å². The molecule has 0 unspecified atom stereocenters. The van der Waals surface area contributed by atoms with E-state index in [1.54, 1.807) is 11.3 Å². The van der Waals surface area contributed by atoms with Crippen LogP contribution in [0.3, 0.4) is 0 Å². The van der Waals surface area contributed by atoms with Crippen molar-refractivity contribution in [3.05, 3.63) is 95.8 Å². The zero-order valence-corrected chi connectivity index (χ0v) is 20.8. The van der Waals surface area contributed by atoms with Gasteiger partial charge in [-0.25, -0.2) is 4.68 Å². The number of allylic oxidation sites excluding steroid dienone is 1. The van der Waals surface area contributed by atoms with Crippen molar-refractivity contribution in [3.8, 4) is 28.0 Å². The molecule has 0 bridgehead atoms. The molecular formula is C28H23N7OS. The number of hydrogen-bond donors (Lipinski definition) is 0. The van der Waals surface area contributed by atoms with Crippen molar-refractivity contribution in [3.63, 3.8) is 0 Å². The number of hydrogen-bond acceptors (Lipinski definition) is 7. The summed E-state index contributed by atoms with van der Waals surface area (Å²) in [6.07, 6.45) is 3.81. The number of anilines is 1. The van der Waals surface area contributed by atoms with Crippen molar-refractivity contribution in [2.24, 2.45) is 0 Å². The number of nitrogens with zero attached hydrogens (tertiary/aromatic N) is 7. The monoisotopic (exact) mass is 505 g/mol. The Morgan fingerprint density at radius 1 is 0.919 bits per heavy atom. The van der Waals surface area contributed by atoms with Crippen LogP contribution in [0.1, 0.15) is 11.4 Å². The molecule has 0 N–H and O–H groups in total. The van der Waals surface area contributed by atoms with Crippen LogP contribution < -0.4 is 4.90 Å². The molecular weight excluding hydrogens is 482 g/mol. The first-order valence-electron chi connectivity index (χ1n) is 12.0. The molecule has 9 heteroatoms. The maximum Gasteiger partial charge on any atom is 0.232 e. The lowest BCUT2D eigenvalue weighted by molar-refractivity contribution is 0.122. The van der Waals surface area contributed by atoms with E-state index in [0.29, 0.717) is 43.6 Å². The molecule has 8 nitrogen and oxygen atoms in total. The van der Waals surface area contributed by atoms with Crippen LogP contribution >= 0.6 is 11.3 Å². The summed E-state index contributed by atoms with van der Waals surface area (Å²) in [7, 11) is 0. The molecule has 182 valence electrons. The van der Waals surface area contributed by atoms with Crippen LogP contribution in [0, 0.1) is 11.3 Å². The second-order valence-electron chi connectivity index (χ2n) is 8.45. The number of rotatable bonds is 6. The third-order valence-electron chi connectivity index (χ3n) is 6.13. The van der Waals surface area contributed by atoms with Crippen molar-refractivity contribution in [2.45, 2.75) is 0 Å². The van der Waals surface area contributed by atoms with Crippen LogP contribution in [0.15, 0.2) is 84.4 Å². The Morgan fingerprint density at radius 2 is 1.65 bits per heavy atom. The Balaban J connectivity index is 1.50. The van der Waals surface area contributed by atoms with Gasteiger partial charge in [-0.2, -0.15) is 10.4 Å². The summed E-state index contributed by atoms with van der Waals surface area (Å²) in [6, 6.07) is 26.3. The molecule has 3 aromatic heterocycles. The van der Waals surface area contributed by atoms with E-state index in [-0.39, 0.29) is 0 Å². The van der Waals surface area contributed by atoms with Gasteiger partial charge in [0.25, 0.3) is 0 Å². The van der Waals surface area contributed by atoms with Gasteiger partial charge in [-0.3, -0.25) is 4.57 Å². The van der Waals surface area contributed by atoms with Gasteiger partial charge < -0.3 is 9.64 Å². The normalized spacial score (nSPS) is 14.0. The van der Waals surface area contributed by atoms with Gasteiger partial charge in [0.1, 0.15) is 11.8 Å². The Morgan fingerprint density at radius 3 is 2.32 bits per heavy atom. The van der Waals surface area contributed by atoms with Crippen LogP contribution in [0.25, 0.3) is 33.6 Å². The van der Waals surface area contributed by atoms with Crippen molar-refractivity contribution in [1.82, 2.24) is 24.5 Å². The Hall–Kier alpha value is -4.52. The fraction of sp³-hybridized carbons (Fsp3) is 0.143. The molecule has 6 rings (SSSR count). The molecule has 1 saturated heterocycles. The largest absolute Gasteiger partial charge is 0.378 e. The summed E-state index contributed by atoms with van der Waals surface area (Å²) in [5.74, 6) is 1.18. The van der Waals surface area contributed by atoms with E-state index in [0.717, 1.165) is 27.5 Å². The molecule has 1 aliphatic rings. The first-order valence-corrected chi connectivity index (χ1v) is 12.8. The van der Waals surface area contributed by atoms with E-state index >= 15 is 0 Å². The predicted octanol–water partition coefficient (Wildman–Crippen LogP) is 5.08. The number of nitriles is 1. The second-order valence-corrected chi connectivity index (χ2v) is 9.40. The van der Waals surface area contributed by atoms with Crippen LogP contribution in [-0.4, -0.2) is 50.8 Å². The summed E-state index contributed by atoms with van der Waals surface area (Å²) in [6.45, 7) is 2.67. The molecule has 0 saturated carbocycles. The molecule has 2 aromatic carbocycles. The first-order chi connectivity index (χ1) is 18.3. The number of thiophene rings is 1. The fourth-order valence-corrected chi connectivity index (χ4v) is 5.08. The molecule has 5 aromatic rings. The summed E-state index contributed by atoms with van der Waals surface area (Å²) < 4.78 is 9.33. The number of benzene rings is 2. The molecule has 1 aliphatic heterocycles. The Bertz CT molecular complexity index is 1560. The number of morpholine rings is 1. The molecule has 1 fully saturated rings. The maximum atomic E-state index is 10.3. The Kier molecular flexibility index (Phi) is 6.33.